The SMILES string of the molecule is C[C@@H]1CC(C)(C)C[C@@]2(C1)NC(=O)N(CC(=O)NCC(=O)Nc1ccc(F)c(F)c1F)C2=O. The lowest BCUT2D eigenvalue weighted by Crippen LogP contribution is -2.54. The van der Waals surface area contributed by atoms with Crippen LogP contribution in [0.1, 0.15) is 40.0 Å². The molecule has 1 aromatic rings. The third-order valence-electron chi connectivity index (χ3n) is 5.68. The van der Waals surface area contributed by atoms with Gasteiger partial charge in [-0.25, -0.2) is 18.0 Å². The van der Waals surface area contributed by atoms with Gasteiger partial charge in [0.25, 0.3) is 5.91 Å². The zero-order valence-corrected chi connectivity index (χ0v) is 18.0. The molecule has 32 heavy (non-hydrogen) atoms. The molecule has 2 atom stereocenters. The second-order valence-corrected chi connectivity index (χ2v) is 9.31. The molecular formula is C21H25F3N4O4. The Morgan fingerprint density at radius 2 is 1.81 bits per heavy atom. The third kappa shape index (κ3) is 4.71. The summed E-state index contributed by atoms with van der Waals surface area (Å²) >= 11 is 0. The molecule has 1 heterocycles. The minimum atomic E-state index is -1.74. The molecule has 1 saturated carbocycles. The van der Waals surface area contributed by atoms with Gasteiger partial charge in [0.15, 0.2) is 17.5 Å². The summed E-state index contributed by atoms with van der Waals surface area (Å²) in [5.74, 6) is -6.67. The van der Waals surface area contributed by atoms with Crippen molar-refractivity contribution in [2.24, 2.45) is 11.3 Å². The highest BCUT2D eigenvalue weighted by atomic mass is 19.2. The summed E-state index contributed by atoms with van der Waals surface area (Å²) in [5.41, 5.74) is -1.81. The third-order valence-corrected chi connectivity index (χ3v) is 5.68. The number of hydrogen-bond acceptors (Lipinski definition) is 4. The van der Waals surface area contributed by atoms with Gasteiger partial charge in [0.1, 0.15) is 12.1 Å². The van der Waals surface area contributed by atoms with E-state index in [1.165, 1.54) is 0 Å². The van der Waals surface area contributed by atoms with Crippen LogP contribution in [0.2, 0.25) is 0 Å². The molecule has 1 saturated heterocycles. The normalized spacial score (nSPS) is 24.4. The number of carbonyl (C=O) groups excluding carboxylic acids is 4. The number of benzene rings is 1. The van der Waals surface area contributed by atoms with Crippen molar-refractivity contribution in [3.8, 4) is 0 Å². The Labute approximate surface area is 182 Å². The van der Waals surface area contributed by atoms with E-state index in [4.69, 9.17) is 0 Å². The van der Waals surface area contributed by atoms with Gasteiger partial charge in [-0.15, -0.1) is 0 Å². The molecule has 1 aromatic carbocycles. The molecular weight excluding hydrogens is 429 g/mol. The van der Waals surface area contributed by atoms with Crippen molar-refractivity contribution in [1.29, 1.82) is 0 Å². The van der Waals surface area contributed by atoms with Crippen LogP contribution in [0.3, 0.4) is 0 Å². The van der Waals surface area contributed by atoms with Crippen molar-refractivity contribution in [1.82, 2.24) is 15.5 Å². The van der Waals surface area contributed by atoms with Gasteiger partial charge in [-0.2, -0.15) is 0 Å². The number of amides is 5. The first kappa shape index (κ1) is 23.6. The minimum absolute atomic E-state index is 0.161. The van der Waals surface area contributed by atoms with E-state index in [0.717, 1.165) is 17.4 Å². The lowest BCUT2D eigenvalue weighted by atomic mass is 9.64. The maximum atomic E-state index is 13.6. The van der Waals surface area contributed by atoms with Gasteiger partial charge in [0.2, 0.25) is 11.8 Å². The number of nitrogens with one attached hydrogen (secondary N) is 3. The molecule has 3 rings (SSSR count). The van der Waals surface area contributed by atoms with Crippen LogP contribution < -0.4 is 16.0 Å². The lowest BCUT2D eigenvalue weighted by molar-refractivity contribution is -0.137. The number of urea groups is 1. The van der Waals surface area contributed by atoms with Crippen LogP contribution in [0, 0.1) is 28.8 Å². The van der Waals surface area contributed by atoms with Crippen LogP contribution in [-0.4, -0.2) is 47.3 Å². The number of carbonyl (C=O) groups is 4. The van der Waals surface area contributed by atoms with E-state index in [0.29, 0.717) is 18.9 Å². The van der Waals surface area contributed by atoms with Crippen LogP contribution in [0.4, 0.5) is 23.7 Å². The smallest absolute Gasteiger partial charge is 0.325 e. The second-order valence-electron chi connectivity index (χ2n) is 9.31. The number of imide groups is 1. The Bertz CT molecular complexity index is 984. The Hall–Kier alpha value is -3.11. The maximum Gasteiger partial charge on any atom is 0.325 e. The molecule has 0 unspecified atom stereocenters. The van der Waals surface area contributed by atoms with E-state index in [9.17, 15) is 32.3 Å². The molecule has 1 aliphatic carbocycles. The van der Waals surface area contributed by atoms with Crippen LogP contribution in [0.25, 0.3) is 0 Å². The van der Waals surface area contributed by atoms with Gasteiger partial charge in [-0.1, -0.05) is 20.8 Å². The van der Waals surface area contributed by atoms with E-state index in [-0.39, 0.29) is 11.3 Å². The van der Waals surface area contributed by atoms with E-state index >= 15 is 0 Å². The van der Waals surface area contributed by atoms with Crippen LogP contribution in [0.5, 0.6) is 0 Å². The minimum Gasteiger partial charge on any atom is -0.345 e. The summed E-state index contributed by atoms with van der Waals surface area (Å²) in [4.78, 5) is 50.4. The number of halogens is 3. The highest BCUT2D eigenvalue weighted by Gasteiger charge is 2.56. The topological polar surface area (TPSA) is 108 Å². The van der Waals surface area contributed by atoms with Crippen molar-refractivity contribution in [3.63, 3.8) is 0 Å². The fraction of sp³-hybridized carbons (Fsp3) is 0.524. The first-order chi connectivity index (χ1) is 14.8. The predicted molar refractivity (Wildman–Crippen MR) is 108 cm³/mol. The van der Waals surface area contributed by atoms with Gasteiger partial charge in [0, 0.05) is 0 Å². The van der Waals surface area contributed by atoms with E-state index in [1.54, 1.807) is 0 Å². The molecule has 11 heteroatoms. The second kappa shape index (κ2) is 8.44. The molecule has 1 spiro atoms. The number of anilines is 1. The first-order valence-electron chi connectivity index (χ1n) is 10.2. The van der Waals surface area contributed by atoms with Crippen LogP contribution in [0.15, 0.2) is 12.1 Å². The number of nitrogens with zero attached hydrogens (tertiary/aromatic N) is 1. The fourth-order valence-electron chi connectivity index (χ4n) is 4.84. The molecule has 0 radical (unpaired) electrons. The summed E-state index contributed by atoms with van der Waals surface area (Å²) in [6.07, 6.45) is 1.84. The predicted octanol–water partition coefficient (Wildman–Crippen LogP) is 2.30. The van der Waals surface area contributed by atoms with E-state index < -0.39 is 65.5 Å². The summed E-state index contributed by atoms with van der Waals surface area (Å²) in [5, 5.41) is 6.97. The molecule has 174 valence electrons. The Kier molecular flexibility index (Phi) is 6.21. The lowest BCUT2D eigenvalue weighted by Gasteiger charge is -2.43. The highest BCUT2D eigenvalue weighted by molar-refractivity contribution is 6.09. The Balaban J connectivity index is 1.57. The fourth-order valence-corrected chi connectivity index (χ4v) is 4.84. The van der Waals surface area contributed by atoms with Crippen molar-refractivity contribution < 1.29 is 32.3 Å². The van der Waals surface area contributed by atoms with Gasteiger partial charge < -0.3 is 16.0 Å². The molecule has 2 fully saturated rings. The summed E-state index contributed by atoms with van der Waals surface area (Å²) < 4.78 is 39.8. The van der Waals surface area contributed by atoms with Gasteiger partial charge in [0.05, 0.1) is 12.2 Å². The maximum absolute atomic E-state index is 13.6. The van der Waals surface area contributed by atoms with Crippen LogP contribution in [-0.2, 0) is 14.4 Å². The standard InChI is InChI=1S/C21H25F3N4O4/c1-11-6-20(2,3)10-21(7-11)18(31)28(19(32)27-21)9-15(30)25-8-14(29)26-13-5-4-12(22)16(23)17(13)24/h4-5,11H,6-10H2,1-3H3,(H,25,30)(H,26,29)(H,27,32)/t11-,21-/m1/s1. The molecule has 5 amide bonds. The summed E-state index contributed by atoms with van der Waals surface area (Å²) in [6.45, 7) is 4.83. The number of hydrogen-bond donors (Lipinski definition) is 3. The van der Waals surface area contributed by atoms with Crippen LogP contribution >= 0.6 is 0 Å². The molecule has 0 bridgehead atoms. The largest absolute Gasteiger partial charge is 0.345 e. The molecule has 0 aromatic heterocycles. The molecule has 8 nitrogen and oxygen atoms in total. The summed E-state index contributed by atoms with van der Waals surface area (Å²) in [7, 11) is 0. The van der Waals surface area contributed by atoms with E-state index in [1.807, 2.05) is 26.1 Å². The van der Waals surface area contributed by atoms with Gasteiger partial charge in [-0.05, 0) is 42.7 Å². The average molecular weight is 454 g/mol. The van der Waals surface area contributed by atoms with E-state index in [2.05, 4.69) is 10.6 Å². The monoisotopic (exact) mass is 454 g/mol. The zero-order chi connectivity index (χ0) is 23.8. The Morgan fingerprint density at radius 3 is 2.47 bits per heavy atom. The quantitative estimate of drug-likeness (QED) is 0.469. The van der Waals surface area contributed by atoms with Crippen molar-refractivity contribution >= 4 is 29.4 Å². The van der Waals surface area contributed by atoms with Crippen molar-refractivity contribution in [2.45, 2.75) is 45.6 Å². The number of rotatable bonds is 5. The molecule has 2 aliphatic rings. The van der Waals surface area contributed by atoms with Crippen molar-refractivity contribution in [2.75, 3.05) is 18.4 Å². The molecule has 3 N–H and O–H groups in total. The van der Waals surface area contributed by atoms with Gasteiger partial charge in [-0.3, -0.25) is 19.3 Å². The molecule has 1 aliphatic heterocycles. The Morgan fingerprint density at radius 1 is 1.12 bits per heavy atom. The van der Waals surface area contributed by atoms with Gasteiger partial charge >= 0.3 is 6.03 Å². The zero-order valence-electron chi connectivity index (χ0n) is 18.0. The highest BCUT2D eigenvalue weighted by Crippen LogP contribution is 2.46. The summed E-state index contributed by atoms with van der Waals surface area (Å²) in [6, 6.07) is 0.809. The van der Waals surface area contributed by atoms with Crippen molar-refractivity contribution in [3.05, 3.63) is 29.6 Å². The first-order valence-corrected chi connectivity index (χ1v) is 10.2. The average Bonchev–Trinajstić information content (AvgIpc) is 2.88.